The van der Waals surface area contributed by atoms with Crippen LogP contribution in [0.25, 0.3) is 0 Å². The average Bonchev–Trinajstić information content (AvgIpc) is 1.63. The first kappa shape index (κ1) is 12.8. The molecule has 0 aliphatic heterocycles. The van der Waals surface area contributed by atoms with Gasteiger partial charge in [-0.05, 0) is 6.42 Å². The summed E-state index contributed by atoms with van der Waals surface area (Å²) in [5, 5.41) is 0. The number of rotatable bonds is 4. The van der Waals surface area contributed by atoms with Crippen molar-refractivity contribution in [2.45, 2.75) is 26.2 Å². The lowest BCUT2D eigenvalue weighted by Crippen LogP contribution is -1.86. The van der Waals surface area contributed by atoms with Crippen LogP contribution in [0.5, 0.6) is 0 Å². The number of hydrogen-bond acceptors (Lipinski definition) is 2. The molecule has 5 heteroatoms. The Morgan fingerprint density at radius 3 is 2.10 bits per heavy atom. The summed E-state index contributed by atoms with van der Waals surface area (Å²) < 4.78 is 10.2. The Labute approximate surface area is 61.4 Å². The molecule has 10 heavy (non-hydrogen) atoms. The second-order valence-corrected chi connectivity index (χ2v) is 3.87. The van der Waals surface area contributed by atoms with E-state index in [1.807, 2.05) is 6.92 Å². The van der Waals surface area contributed by atoms with E-state index in [1.54, 1.807) is 0 Å². The van der Waals surface area contributed by atoms with Crippen LogP contribution in [0.15, 0.2) is 0 Å². The Bertz CT molecular complexity index is 111. The quantitative estimate of drug-likeness (QED) is 0.439. The molecule has 0 aliphatic rings. The molecule has 4 nitrogen and oxygen atoms in total. The Kier molecular flexibility index (Phi) is 7.48. The molecule has 64 valence electrons. The molecule has 0 saturated heterocycles. The SMILES string of the molecule is CCCCCP(=O)(O)O.N. The first-order valence-electron chi connectivity index (χ1n) is 3.11. The van der Waals surface area contributed by atoms with E-state index in [-0.39, 0.29) is 12.3 Å². The van der Waals surface area contributed by atoms with Gasteiger partial charge in [0.2, 0.25) is 0 Å². The minimum Gasteiger partial charge on any atom is -0.344 e. The van der Waals surface area contributed by atoms with Crippen molar-refractivity contribution in [2.75, 3.05) is 6.16 Å². The molecule has 0 spiro atoms. The molecule has 0 aliphatic carbocycles. The van der Waals surface area contributed by atoms with Crippen molar-refractivity contribution in [3.63, 3.8) is 0 Å². The van der Waals surface area contributed by atoms with Crippen LogP contribution in [0.4, 0.5) is 0 Å². The maximum atomic E-state index is 10.2. The lowest BCUT2D eigenvalue weighted by molar-refractivity contribution is 0.371. The van der Waals surface area contributed by atoms with Crippen molar-refractivity contribution in [3.8, 4) is 0 Å². The minimum absolute atomic E-state index is 0. The summed E-state index contributed by atoms with van der Waals surface area (Å²) in [5.41, 5.74) is 0. The first-order valence-corrected chi connectivity index (χ1v) is 4.90. The summed E-state index contributed by atoms with van der Waals surface area (Å²) in [6.45, 7) is 2.00. The fraction of sp³-hybridized carbons (Fsp3) is 1.00. The molecule has 0 aromatic rings. The second-order valence-electron chi connectivity index (χ2n) is 2.10. The van der Waals surface area contributed by atoms with Crippen molar-refractivity contribution in [3.05, 3.63) is 0 Å². The van der Waals surface area contributed by atoms with E-state index < -0.39 is 7.60 Å². The van der Waals surface area contributed by atoms with Crippen LogP contribution in [0, 0.1) is 0 Å². The highest BCUT2D eigenvalue weighted by atomic mass is 31.2. The summed E-state index contributed by atoms with van der Waals surface area (Å²) >= 11 is 0. The standard InChI is InChI=1S/C5H13O3P.H3N/c1-2-3-4-5-9(6,7)8;/h2-5H2,1H3,(H2,6,7,8);1H3. The molecule has 0 amide bonds. The van der Waals surface area contributed by atoms with Gasteiger partial charge in [-0.15, -0.1) is 0 Å². The highest BCUT2D eigenvalue weighted by Crippen LogP contribution is 2.35. The van der Waals surface area contributed by atoms with Crippen LogP contribution in [-0.2, 0) is 4.57 Å². The predicted molar refractivity (Wildman–Crippen MR) is 41.5 cm³/mol. The Hall–Kier alpha value is 0.110. The fourth-order valence-electron chi connectivity index (χ4n) is 0.568. The molecule has 5 N–H and O–H groups in total. The largest absolute Gasteiger partial charge is 0.344 e. The molecule has 0 aromatic heterocycles. The molecular formula is C5H16NO3P. The van der Waals surface area contributed by atoms with Crippen LogP contribution in [-0.4, -0.2) is 15.9 Å². The molecule has 0 bridgehead atoms. The molecule has 0 fully saturated rings. The van der Waals surface area contributed by atoms with Gasteiger partial charge in [0.05, 0.1) is 0 Å². The van der Waals surface area contributed by atoms with Gasteiger partial charge in [-0.25, -0.2) is 0 Å². The Morgan fingerprint density at radius 1 is 1.30 bits per heavy atom. The summed E-state index contributed by atoms with van der Waals surface area (Å²) in [4.78, 5) is 16.7. The molecule has 0 saturated carbocycles. The van der Waals surface area contributed by atoms with E-state index in [0.717, 1.165) is 12.8 Å². The monoisotopic (exact) mass is 169 g/mol. The van der Waals surface area contributed by atoms with Gasteiger partial charge < -0.3 is 15.9 Å². The van der Waals surface area contributed by atoms with Crippen LogP contribution in [0.2, 0.25) is 0 Å². The van der Waals surface area contributed by atoms with Crippen molar-refractivity contribution in [1.29, 1.82) is 0 Å². The van der Waals surface area contributed by atoms with E-state index >= 15 is 0 Å². The Morgan fingerprint density at radius 2 is 1.80 bits per heavy atom. The van der Waals surface area contributed by atoms with Crippen LogP contribution in [0.3, 0.4) is 0 Å². The van der Waals surface area contributed by atoms with Crippen molar-refractivity contribution < 1.29 is 14.4 Å². The van der Waals surface area contributed by atoms with Gasteiger partial charge in [-0.3, -0.25) is 4.57 Å². The van der Waals surface area contributed by atoms with Crippen molar-refractivity contribution in [2.24, 2.45) is 0 Å². The molecule has 0 rings (SSSR count). The van der Waals surface area contributed by atoms with Crippen molar-refractivity contribution in [1.82, 2.24) is 6.15 Å². The van der Waals surface area contributed by atoms with Crippen molar-refractivity contribution >= 4 is 7.60 Å². The fourth-order valence-corrected chi connectivity index (χ4v) is 1.20. The third kappa shape index (κ3) is 11.0. The summed E-state index contributed by atoms with van der Waals surface area (Å²) in [7, 11) is -3.70. The smallest absolute Gasteiger partial charge is 0.325 e. The highest BCUT2D eigenvalue weighted by Gasteiger charge is 2.10. The van der Waals surface area contributed by atoms with Crippen LogP contribution < -0.4 is 6.15 Å². The number of unbranched alkanes of at least 4 members (excludes halogenated alkanes) is 2. The first-order chi connectivity index (χ1) is 4.06. The average molecular weight is 169 g/mol. The summed E-state index contributed by atoms with van der Waals surface area (Å²) in [6, 6.07) is 0. The molecule has 0 unspecified atom stereocenters. The van der Waals surface area contributed by atoms with Gasteiger partial charge in [-0.1, -0.05) is 19.8 Å². The van der Waals surface area contributed by atoms with Gasteiger partial charge >= 0.3 is 7.60 Å². The van der Waals surface area contributed by atoms with Gasteiger partial charge in [0.25, 0.3) is 0 Å². The highest BCUT2D eigenvalue weighted by molar-refractivity contribution is 7.51. The maximum absolute atomic E-state index is 10.2. The van der Waals surface area contributed by atoms with E-state index in [4.69, 9.17) is 9.79 Å². The molecule has 0 aromatic carbocycles. The summed E-state index contributed by atoms with van der Waals surface area (Å²) in [6.07, 6.45) is 2.59. The third-order valence-corrected chi connectivity index (χ3v) is 1.95. The van der Waals surface area contributed by atoms with Gasteiger partial charge in [0.1, 0.15) is 0 Å². The zero-order chi connectivity index (χ0) is 7.33. The Balaban J connectivity index is 0. The number of hydrogen-bond donors (Lipinski definition) is 3. The van der Waals surface area contributed by atoms with Crippen LogP contribution >= 0.6 is 7.60 Å². The van der Waals surface area contributed by atoms with Gasteiger partial charge in [0, 0.05) is 6.16 Å². The van der Waals surface area contributed by atoms with Gasteiger partial charge in [-0.2, -0.15) is 0 Å². The maximum Gasteiger partial charge on any atom is 0.325 e. The predicted octanol–water partition coefficient (Wildman–Crippen LogP) is 1.52. The molecule has 0 heterocycles. The normalized spacial score (nSPS) is 10.7. The topological polar surface area (TPSA) is 92.5 Å². The zero-order valence-electron chi connectivity index (χ0n) is 6.29. The summed E-state index contributed by atoms with van der Waals surface area (Å²) in [5.74, 6) is 0. The zero-order valence-corrected chi connectivity index (χ0v) is 7.18. The lowest BCUT2D eigenvalue weighted by Gasteiger charge is -2.00. The van der Waals surface area contributed by atoms with E-state index in [2.05, 4.69) is 0 Å². The molecular weight excluding hydrogens is 153 g/mol. The minimum atomic E-state index is -3.70. The molecule has 0 radical (unpaired) electrons. The van der Waals surface area contributed by atoms with E-state index in [0.29, 0.717) is 6.42 Å². The van der Waals surface area contributed by atoms with Gasteiger partial charge in [0.15, 0.2) is 0 Å². The second kappa shape index (κ2) is 5.86. The third-order valence-electron chi connectivity index (χ3n) is 1.05. The molecule has 0 atom stereocenters. The van der Waals surface area contributed by atoms with E-state index in [1.165, 1.54) is 0 Å². The van der Waals surface area contributed by atoms with Crippen LogP contribution in [0.1, 0.15) is 26.2 Å². The lowest BCUT2D eigenvalue weighted by atomic mass is 10.3. The van der Waals surface area contributed by atoms with E-state index in [9.17, 15) is 4.57 Å².